The van der Waals surface area contributed by atoms with E-state index in [1.165, 1.54) is 29.2 Å². The average molecular weight is 441 g/mol. The van der Waals surface area contributed by atoms with Crippen LogP contribution in [0.25, 0.3) is 0 Å². The van der Waals surface area contributed by atoms with Crippen molar-refractivity contribution in [1.29, 1.82) is 0 Å². The normalized spacial score (nSPS) is 24.1. The molecule has 0 aromatic heterocycles. The van der Waals surface area contributed by atoms with E-state index in [0.717, 1.165) is 12.1 Å². The zero-order chi connectivity index (χ0) is 21.5. The molecule has 2 atom stereocenters. The lowest BCUT2D eigenvalue weighted by molar-refractivity contribution is -0.0441. The van der Waals surface area contributed by atoms with E-state index in [1.807, 2.05) is 0 Å². The number of piperidine rings is 1. The molecule has 0 aliphatic carbocycles. The van der Waals surface area contributed by atoms with Gasteiger partial charge in [-0.25, -0.2) is 12.8 Å². The molecule has 2 aliphatic heterocycles. The Labute approximate surface area is 171 Å². The number of amides is 1. The maximum absolute atomic E-state index is 13.7. The van der Waals surface area contributed by atoms with Gasteiger partial charge in [0.1, 0.15) is 24.3 Å². The van der Waals surface area contributed by atoms with Gasteiger partial charge in [0, 0.05) is 18.5 Å². The lowest BCUT2D eigenvalue weighted by Gasteiger charge is -2.42. The molecule has 2 saturated heterocycles. The van der Waals surface area contributed by atoms with Crippen LogP contribution in [0.3, 0.4) is 0 Å². The largest absolute Gasteiger partial charge is 0.347 e. The molecule has 0 radical (unpaired) electrons. The van der Waals surface area contributed by atoms with Crippen molar-refractivity contribution in [2.24, 2.45) is 0 Å². The number of halogens is 3. The Hall–Kier alpha value is -2.43. The molecule has 0 bridgehead atoms. The van der Waals surface area contributed by atoms with Crippen molar-refractivity contribution >= 4 is 15.7 Å². The van der Waals surface area contributed by atoms with Gasteiger partial charge in [0.2, 0.25) is 9.84 Å². The summed E-state index contributed by atoms with van der Waals surface area (Å²) in [5.74, 6) is -4.32. The fourth-order valence-electron chi connectivity index (χ4n) is 3.90. The predicted octanol–water partition coefficient (Wildman–Crippen LogP) is 2.94. The van der Waals surface area contributed by atoms with E-state index < -0.39 is 38.0 Å². The average Bonchev–Trinajstić information content (AvgIpc) is 3.17. The summed E-state index contributed by atoms with van der Waals surface area (Å²) in [5.41, 5.74) is -0.0484. The minimum Gasteiger partial charge on any atom is -0.347 e. The summed E-state index contributed by atoms with van der Waals surface area (Å²) >= 11 is 0. The summed E-state index contributed by atoms with van der Waals surface area (Å²) in [5, 5.41) is 0. The first-order chi connectivity index (χ1) is 14.2. The molecule has 0 N–H and O–H groups in total. The second-order valence-corrected chi connectivity index (χ2v) is 9.07. The van der Waals surface area contributed by atoms with E-state index in [4.69, 9.17) is 9.47 Å². The Bertz CT molecular complexity index is 1060. The molecule has 2 aromatic carbocycles. The van der Waals surface area contributed by atoms with Crippen molar-refractivity contribution in [3.8, 4) is 0 Å². The second kappa shape index (κ2) is 7.68. The van der Waals surface area contributed by atoms with Crippen LogP contribution in [-0.2, 0) is 24.9 Å². The van der Waals surface area contributed by atoms with Crippen molar-refractivity contribution in [3.05, 3.63) is 65.5 Å². The quantitative estimate of drug-likeness (QED) is 0.730. The van der Waals surface area contributed by atoms with E-state index in [1.54, 1.807) is 12.1 Å². The Morgan fingerprint density at radius 2 is 1.90 bits per heavy atom. The molecule has 0 spiro atoms. The van der Waals surface area contributed by atoms with E-state index >= 15 is 0 Å². The van der Waals surface area contributed by atoms with Crippen LogP contribution in [0.1, 0.15) is 22.3 Å². The summed E-state index contributed by atoms with van der Waals surface area (Å²) in [6, 6.07) is 10.5. The van der Waals surface area contributed by atoms with Gasteiger partial charge in [-0.1, -0.05) is 12.1 Å². The molecule has 1 amide bonds. The second-order valence-electron chi connectivity index (χ2n) is 7.15. The highest BCUT2D eigenvalue weighted by Crippen LogP contribution is 2.42. The molecule has 2 aliphatic rings. The minimum atomic E-state index is -4.72. The fraction of sp³-hybridized carbons (Fsp3) is 0.350. The van der Waals surface area contributed by atoms with Crippen LogP contribution in [0.4, 0.5) is 13.2 Å². The molecular formula is C20H18F3NO5S. The molecular weight excluding hydrogens is 423 g/mol. The van der Waals surface area contributed by atoms with Crippen molar-refractivity contribution in [3.63, 3.8) is 0 Å². The van der Waals surface area contributed by atoms with Crippen molar-refractivity contribution in [2.45, 2.75) is 28.8 Å². The lowest BCUT2D eigenvalue weighted by atomic mass is 9.82. The molecule has 0 saturated carbocycles. The van der Waals surface area contributed by atoms with E-state index in [2.05, 4.69) is 0 Å². The van der Waals surface area contributed by atoms with E-state index in [9.17, 15) is 26.4 Å². The smallest absolute Gasteiger partial charge is 0.341 e. The lowest BCUT2D eigenvalue weighted by Crippen LogP contribution is -2.53. The highest BCUT2D eigenvalue weighted by molar-refractivity contribution is 7.91. The van der Waals surface area contributed by atoms with Crippen LogP contribution in [0.5, 0.6) is 0 Å². The van der Waals surface area contributed by atoms with Crippen molar-refractivity contribution in [1.82, 2.24) is 4.90 Å². The van der Waals surface area contributed by atoms with Gasteiger partial charge >= 0.3 is 5.76 Å². The van der Waals surface area contributed by atoms with Gasteiger partial charge < -0.3 is 14.4 Å². The zero-order valence-corrected chi connectivity index (χ0v) is 16.4. The van der Waals surface area contributed by atoms with E-state index in [0.29, 0.717) is 18.5 Å². The Morgan fingerprint density at radius 3 is 2.57 bits per heavy atom. The third kappa shape index (κ3) is 3.48. The monoisotopic (exact) mass is 441 g/mol. The number of hydrogen-bond acceptors (Lipinski definition) is 5. The number of benzene rings is 2. The van der Waals surface area contributed by atoms with Crippen LogP contribution < -0.4 is 0 Å². The van der Waals surface area contributed by atoms with Gasteiger partial charge in [-0.3, -0.25) is 4.79 Å². The van der Waals surface area contributed by atoms with Crippen LogP contribution >= 0.6 is 0 Å². The first-order valence-electron chi connectivity index (χ1n) is 9.17. The van der Waals surface area contributed by atoms with Crippen molar-refractivity contribution < 1.29 is 35.9 Å². The minimum absolute atomic E-state index is 0.0173. The summed E-state index contributed by atoms with van der Waals surface area (Å²) in [6.07, 6.45) is -0.125. The molecule has 2 unspecified atom stereocenters. The number of ether oxygens (including phenoxy) is 2. The number of fused-ring (bicyclic) bond motifs is 1. The Balaban J connectivity index is 1.53. The number of hydrogen-bond donors (Lipinski definition) is 0. The van der Waals surface area contributed by atoms with Gasteiger partial charge in [0.25, 0.3) is 5.91 Å². The number of likely N-dealkylation sites (tertiary alicyclic amines) is 1. The maximum Gasteiger partial charge on any atom is 0.341 e. The molecule has 2 aromatic rings. The van der Waals surface area contributed by atoms with Gasteiger partial charge in [-0.05, 0) is 42.0 Å². The first kappa shape index (κ1) is 20.8. The standard InChI is InChI=1S/C20H18F3NO5S/c21-15-3-1-2-14(10-15)20-8-9-24(11-17(20)28-12-29-20)18(25)13-4-6-16(7-5-13)30(26,27)19(22)23/h1-7,10,17,19H,8-9,11-12H2. The molecule has 10 heteroatoms. The molecule has 2 heterocycles. The number of alkyl halides is 2. The first-order valence-corrected chi connectivity index (χ1v) is 10.7. The number of rotatable bonds is 4. The van der Waals surface area contributed by atoms with Gasteiger partial charge in [-0.2, -0.15) is 8.78 Å². The predicted molar refractivity (Wildman–Crippen MR) is 99.1 cm³/mol. The topological polar surface area (TPSA) is 72.9 Å². The summed E-state index contributed by atoms with van der Waals surface area (Å²) in [7, 11) is -4.72. The number of nitrogens with zero attached hydrogens (tertiary/aromatic N) is 1. The van der Waals surface area contributed by atoms with Gasteiger partial charge in [-0.15, -0.1) is 0 Å². The summed E-state index contributed by atoms with van der Waals surface area (Å²) in [6.45, 7) is 0.502. The summed E-state index contributed by atoms with van der Waals surface area (Å²) < 4.78 is 73.6. The highest BCUT2D eigenvalue weighted by Gasteiger charge is 2.51. The maximum atomic E-state index is 13.7. The van der Waals surface area contributed by atoms with Gasteiger partial charge in [0.05, 0.1) is 11.4 Å². The van der Waals surface area contributed by atoms with Crippen LogP contribution in [-0.4, -0.2) is 51.0 Å². The molecule has 6 nitrogen and oxygen atoms in total. The van der Waals surface area contributed by atoms with Crippen LogP contribution in [0.15, 0.2) is 53.4 Å². The molecule has 4 rings (SSSR count). The Morgan fingerprint density at radius 1 is 1.17 bits per heavy atom. The third-order valence-corrected chi connectivity index (χ3v) is 6.91. The Kier molecular flexibility index (Phi) is 5.33. The third-order valence-electron chi connectivity index (χ3n) is 5.51. The highest BCUT2D eigenvalue weighted by atomic mass is 32.2. The summed E-state index contributed by atoms with van der Waals surface area (Å²) in [4.78, 5) is 13.8. The molecule has 30 heavy (non-hydrogen) atoms. The fourth-order valence-corrected chi connectivity index (χ4v) is 4.62. The van der Waals surface area contributed by atoms with Crippen LogP contribution in [0, 0.1) is 5.82 Å². The number of carbonyl (C=O) groups is 1. The number of carbonyl (C=O) groups excluding carboxylic acids is 1. The number of sulfone groups is 1. The SMILES string of the molecule is O=C(c1ccc(S(=O)(=O)C(F)F)cc1)N1CCC2(c3cccc(F)c3)OCOC2C1. The molecule has 160 valence electrons. The van der Waals surface area contributed by atoms with Crippen molar-refractivity contribution in [2.75, 3.05) is 19.9 Å². The molecule has 2 fully saturated rings. The van der Waals surface area contributed by atoms with Crippen LogP contribution in [0.2, 0.25) is 0 Å². The van der Waals surface area contributed by atoms with E-state index in [-0.39, 0.29) is 24.8 Å². The zero-order valence-electron chi connectivity index (χ0n) is 15.6. The van der Waals surface area contributed by atoms with Gasteiger partial charge in [0.15, 0.2) is 0 Å².